The van der Waals surface area contributed by atoms with Crippen molar-refractivity contribution in [3.8, 4) is 0 Å². The molecule has 2 rings (SSSR count). The van der Waals surface area contributed by atoms with E-state index in [4.69, 9.17) is 0 Å². The molecule has 7 heteroatoms. The molecule has 0 radical (unpaired) electrons. The maximum Gasteiger partial charge on any atom is 0.319 e. The fourth-order valence-electron chi connectivity index (χ4n) is 3.40. The topological polar surface area (TPSA) is 81.8 Å². The second-order valence-corrected chi connectivity index (χ2v) is 7.02. The summed E-state index contributed by atoms with van der Waals surface area (Å²) in [4.78, 5) is 40.2. The van der Waals surface area contributed by atoms with Crippen molar-refractivity contribution in [3.63, 3.8) is 0 Å². The summed E-state index contributed by atoms with van der Waals surface area (Å²) in [6.07, 6.45) is 1.70. The lowest BCUT2D eigenvalue weighted by Crippen LogP contribution is -2.48. The number of urea groups is 1. The smallest absolute Gasteiger partial charge is 0.319 e. The number of likely N-dealkylation sites (tertiary alicyclic amines) is 1. The molecule has 0 saturated carbocycles. The van der Waals surface area contributed by atoms with Gasteiger partial charge in [-0.1, -0.05) is 30.3 Å². The van der Waals surface area contributed by atoms with Crippen molar-refractivity contribution < 1.29 is 14.4 Å². The number of hydrogen-bond donors (Lipinski definition) is 2. The van der Waals surface area contributed by atoms with E-state index in [1.165, 1.54) is 0 Å². The molecule has 0 atom stereocenters. The number of nitrogens with one attached hydrogen (secondary N) is 2. The first-order chi connectivity index (χ1) is 13.5. The molecule has 1 aromatic rings. The van der Waals surface area contributed by atoms with Gasteiger partial charge >= 0.3 is 6.03 Å². The monoisotopic (exact) mass is 388 g/mol. The van der Waals surface area contributed by atoms with Gasteiger partial charge in [-0.3, -0.25) is 9.59 Å². The molecule has 0 unspecified atom stereocenters. The van der Waals surface area contributed by atoms with E-state index >= 15 is 0 Å². The Morgan fingerprint density at radius 3 is 2.21 bits per heavy atom. The van der Waals surface area contributed by atoms with Crippen LogP contribution in [0.5, 0.6) is 0 Å². The van der Waals surface area contributed by atoms with Crippen molar-refractivity contribution >= 4 is 17.8 Å². The van der Waals surface area contributed by atoms with Crippen LogP contribution in [0.15, 0.2) is 30.3 Å². The first-order valence-electron chi connectivity index (χ1n) is 10.2. The van der Waals surface area contributed by atoms with Crippen molar-refractivity contribution in [2.75, 3.05) is 39.3 Å². The summed E-state index contributed by atoms with van der Waals surface area (Å²) >= 11 is 0. The summed E-state index contributed by atoms with van der Waals surface area (Å²) < 4.78 is 0. The van der Waals surface area contributed by atoms with Gasteiger partial charge in [0.1, 0.15) is 0 Å². The third-order valence-electron chi connectivity index (χ3n) is 5.12. The van der Waals surface area contributed by atoms with E-state index < -0.39 is 0 Å². The third-order valence-corrected chi connectivity index (χ3v) is 5.12. The lowest BCUT2D eigenvalue weighted by molar-refractivity contribution is -0.126. The predicted molar refractivity (Wildman–Crippen MR) is 109 cm³/mol. The van der Waals surface area contributed by atoms with Crippen LogP contribution in [0.25, 0.3) is 0 Å². The summed E-state index contributed by atoms with van der Waals surface area (Å²) in [7, 11) is 0. The third kappa shape index (κ3) is 6.55. The molecule has 7 nitrogen and oxygen atoms in total. The summed E-state index contributed by atoms with van der Waals surface area (Å²) in [5.74, 6) is -0.114. The molecule has 1 aliphatic heterocycles. The van der Waals surface area contributed by atoms with E-state index in [0.717, 1.165) is 5.56 Å². The zero-order chi connectivity index (χ0) is 20.4. The van der Waals surface area contributed by atoms with Crippen LogP contribution >= 0.6 is 0 Å². The molecule has 1 aromatic carbocycles. The van der Waals surface area contributed by atoms with Crippen LogP contribution in [-0.2, 0) is 16.0 Å². The molecule has 0 aliphatic carbocycles. The summed E-state index contributed by atoms with van der Waals surface area (Å²) in [5.41, 5.74) is 0.968. The van der Waals surface area contributed by atoms with Crippen molar-refractivity contribution in [1.29, 1.82) is 0 Å². The van der Waals surface area contributed by atoms with Crippen LogP contribution in [0.2, 0.25) is 0 Å². The van der Waals surface area contributed by atoms with Gasteiger partial charge in [0, 0.05) is 45.2 Å². The van der Waals surface area contributed by atoms with Crippen LogP contribution in [-0.4, -0.2) is 66.9 Å². The van der Waals surface area contributed by atoms with E-state index in [1.807, 2.05) is 49.1 Å². The van der Waals surface area contributed by atoms with E-state index in [1.54, 1.807) is 4.90 Å². The minimum absolute atomic E-state index is 0.00671. The molecule has 2 N–H and O–H groups in total. The second-order valence-electron chi connectivity index (χ2n) is 7.02. The van der Waals surface area contributed by atoms with E-state index in [-0.39, 0.29) is 23.8 Å². The van der Waals surface area contributed by atoms with Gasteiger partial charge in [0.2, 0.25) is 11.8 Å². The van der Waals surface area contributed by atoms with E-state index in [9.17, 15) is 14.4 Å². The number of hydrogen-bond acceptors (Lipinski definition) is 3. The Bertz CT molecular complexity index is 638. The van der Waals surface area contributed by atoms with E-state index in [0.29, 0.717) is 58.5 Å². The number of piperidine rings is 1. The standard InChI is InChI=1S/C21H32N4O3/c1-3-24(4-2)21(28)25-14-10-18(11-15-25)20(27)23-13-12-22-19(26)16-17-8-6-5-7-9-17/h5-9,18H,3-4,10-16H2,1-2H3,(H,22,26)(H,23,27). The number of benzene rings is 1. The SMILES string of the molecule is CCN(CC)C(=O)N1CCC(C(=O)NCCNC(=O)Cc2ccccc2)CC1. The lowest BCUT2D eigenvalue weighted by atomic mass is 9.96. The van der Waals surface area contributed by atoms with Crippen molar-refractivity contribution in [2.24, 2.45) is 5.92 Å². The van der Waals surface area contributed by atoms with Gasteiger partial charge in [0.05, 0.1) is 6.42 Å². The van der Waals surface area contributed by atoms with Crippen molar-refractivity contribution in [1.82, 2.24) is 20.4 Å². The average molecular weight is 389 g/mol. The number of carbonyl (C=O) groups is 3. The van der Waals surface area contributed by atoms with Gasteiger partial charge in [0.15, 0.2) is 0 Å². The molecule has 28 heavy (non-hydrogen) atoms. The van der Waals surface area contributed by atoms with Gasteiger partial charge in [-0.05, 0) is 32.3 Å². The highest BCUT2D eigenvalue weighted by Crippen LogP contribution is 2.18. The Hall–Kier alpha value is -2.57. The Morgan fingerprint density at radius 2 is 1.61 bits per heavy atom. The molecule has 1 aliphatic rings. The Kier molecular flexibility index (Phi) is 8.78. The average Bonchev–Trinajstić information content (AvgIpc) is 2.72. The van der Waals surface area contributed by atoms with Crippen LogP contribution in [0.4, 0.5) is 4.79 Å². The Balaban J connectivity index is 1.62. The summed E-state index contributed by atoms with van der Waals surface area (Å²) in [5, 5.41) is 5.72. The quantitative estimate of drug-likeness (QED) is 0.664. The highest BCUT2D eigenvalue weighted by atomic mass is 16.2. The van der Waals surface area contributed by atoms with Gasteiger partial charge in [-0.25, -0.2) is 4.79 Å². The molecule has 0 bridgehead atoms. The Morgan fingerprint density at radius 1 is 1.00 bits per heavy atom. The molecular weight excluding hydrogens is 356 g/mol. The van der Waals surface area contributed by atoms with Gasteiger partial charge in [-0.2, -0.15) is 0 Å². The van der Waals surface area contributed by atoms with Crippen LogP contribution in [0.1, 0.15) is 32.3 Å². The maximum absolute atomic E-state index is 12.4. The second kappa shape index (κ2) is 11.3. The lowest BCUT2D eigenvalue weighted by Gasteiger charge is -2.34. The fraction of sp³-hybridized carbons (Fsp3) is 0.571. The van der Waals surface area contributed by atoms with Gasteiger partial charge in [-0.15, -0.1) is 0 Å². The van der Waals surface area contributed by atoms with E-state index in [2.05, 4.69) is 10.6 Å². The first-order valence-corrected chi connectivity index (χ1v) is 10.2. The minimum Gasteiger partial charge on any atom is -0.354 e. The van der Waals surface area contributed by atoms with Crippen LogP contribution in [0, 0.1) is 5.92 Å². The summed E-state index contributed by atoms with van der Waals surface area (Å²) in [6.45, 7) is 7.40. The zero-order valence-corrected chi connectivity index (χ0v) is 16.9. The largest absolute Gasteiger partial charge is 0.354 e. The normalized spacial score (nSPS) is 14.4. The Labute approximate surface area is 167 Å². The maximum atomic E-state index is 12.4. The van der Waals surface area contributed by atoms with Gasteiger partial charge < -0.3 is 20.4 Å². The summed E-state index contributed by atoms with van der Waals surface area (Å²) in [6, 6.07) is 9.62. The number of carbonyl (C=O) groups excluding carboxylic acids is 3. The molecule has 154 valence electrons. The van der Waals surface area contributed by atoms with Crippen molar-refractivity contribution in [3.05, 3.63) is 35.9 Å². The highest BCUT2D eigenvalue weighted by molar-refractivity contribution is 5.80. The first kappa shape index (κ1) is 21.7. The molecule has 1 heterocycles. The number of nitrogens with zero attached hydrogens (tertiary/aromatic N) is 2. The molecule has 4 amide bonds. The van der Waals surface area contributed by atoms with Crippen molar-refractivity contribution in [2.45, 2.75) is 33.1 Å². The molecule has 0 spiro atoms. The molecule has 1 saturated heterocycles. The highest BCUT2D eigenvalue weighted by Gasteiger charge is 2.28. The number of rotatable bonds is 8. The molecular formula is C21H32N4O3. The van der Waals surface area contributed by atoms with Crippen LogP contribution < -0.4 is 10.6 Å². The predicted octanol–water partition coefficient (Wildman–Crippen LogP) is 1.64. The molecule has 0 aromatic heterocycles. The zero-order valence-electron chi connectivity index (χ0n) is 16.9. The van der Waals surface area contributed by atoms with Gasteiger partial charge in [0.25, 0.3) is 0 Å². The molecule has 1 fully saturated rings. The fourth-order valence-corrected chi connectivity index (χ4v) is 3.40. The van der Waals surface area contributed by atoms with Crippen LogP contribution in [0.3, 0.4) is 0 Å². The minimum atomic E-state index is -0.0687. The number of amides is 4.